The van der Waals surface area contributed by atoms with Gasteiger partial charge in [0, 0.05) is 13.0 Å². The second-order valence-corrected chi connectivity index (χ2v) is 8.42. The standard InChI is InChI=1S/C23H25NO3S2/c1-4-24-22(25)21(29-23(24)28)15-18-9-11-19(12-10-18)26-13-6-14-27-20-8-5-7-16(2)17(20)3/h5,7-12,15H,4,6,13-14H2,1-3H3/b21-15+. The topological polar surface area (TPSA) is 38.8 Å². The van der Waals surface area contributed by atoms with Crippen LogP contribution in [0.5, 0.6) is 11.5 Å². The van der Waals surface area contributed by atoms with Gasteiger partial charge in [-0.3, -0.25) is 9.69 Å². The van der Waals surface area contributed by atoms with Crippen LogP contribution in [0.25, 0.3) is 6.08 Å². The minimum absolute atomic E-state index is 0.0216. The number of benzene rings is 2. The number of amides is 1. The molecule has 6 heteroatoms. The van der Waals surface area contributed by atoms with Crippen LogP contribution in [0.1, 0.15) is 30.0 Å². The zero-order valence-electron chi connectivity index (χ0n) is 16.9. The summed E-state index contributed by atoms with van der Waals surface area (Å²) in [7, 11) is 0. The second-order valence-electron chi connectivity index (χ2n) is 6.74. The quantitative estimate of drug-likeness (QED) is 0.322. The number of carbonyl (C=O) groups is 1. The molecule has 1 aliphatic rings. The number of aryl methyl sites for hydroxylation is 1. The molecule has 0 spiro atoms. The van der Waals surface area contributed by atoms with E-state index in [1.54, 1.807) is 4.90 Å². The van der Waals surface area contributed by atoms with Gasteiger partial charge < -0.3 is 9.47 Å². The first-order chi connectivity index (χ1) is 14.0. The van der Waals surface area contributed by atoms with Crippen LogP contribution < -0.4 is 9.47 Å². The van der Waals surface area contributed by atoms with Gasteiger partial charge in [0.05, 0.1) is 18.1 Å². The van der Waals surface area contributed by atoms with Crippen molar-refractivity contribution in [3.05, 3.63) is 64.1 Å². The molecule has 1 amide bonds. The normalized spacial score (nSPS) is 15.3. The first-order valence-electron chi connectivity index (χ1n) is 9.67. The predicted molar refractivity (Wildman–Crippen MR) is 124 cm³/mol. The molecule has 0 aliphatic carbocycles. The summed E-state index contributed by atoms with van der Waals surface area (Å²) in [5.74, 6) is 1.71. The smallest absolute Gasteiger partial charge is 0.266 e. The third-order valence-corrected chi connectivity index (χ3v) is 6.12. The third-order valence-electron chi connectivity index (χ3n) is 4.74. The molecule has 1 heterocycles. The Balaban J connectivity index is 1.46. The summed E-state index contributed by atoms with van der Waals surface area (Å²) in [6.07, 6.45) is 2.67. The van der Waals surface area contributed by atoms with Gasteiger partial charge in [0.2, 0.25) is 0 Å². The van der Waals surface area contributed by atoms with Crippen LogP contribution in [-0.2, 0) is 4.79 Å². The van der Waals surface area contributed by atoms with Gasteiger partial charge in [-0.2, -0.15) is 0 Å². The van der Waals surface area contributed by atoms with Gasteiger partial charge in [-0.25, -0.2) is 0 Å². The van der Waals surface area contributed by atoms with Gasteiger partial charge >= 0.3 is 0 Å². The molecule has 29 heavy (non-hydrogen) atoms. The molecule has 1 saturated heterocycles. The summed E-state index contributed by atoms with van der Waals surface area (Å²) in [6.45, 7) is 7.87. The fraction of sp³-hybridized carbons (Fsp3) is 0.304. The number of hydrogen-bond acceptors (Lipinski definition) is 5. The number of thiocarbonyl (C=S) groups is 1. The molecule has 1 aliphatic heterocycles. The summed E-state index contributed by atoms with van der Waals surface area (Å²) < 4.78 is 12.3. The van der Waals surface area contributed by atoms with Crippen LogP contribution in [0.15, 0.2) is 47.4 Å². The lowest BCUT2D eigenvalue weighted by Crippen LogP contribution is -2.27. The minimum Gasteiger partial charge on any atom is -0.493 e. The molecule has 0 radical (unpaired) electrons. The maximum atomic E-state index is 12.3. The Morgan fingerprint density at radius 3 is 2.48 bits per heavy atom. The molecule has 0 N–H and O–H groups in total. The van der Waals surface area contributed by atoms with Crippen molar-refractivity contribution in [1.82, 2.24) is 4.90 Å². The van der Waals surface area contributed by atoms with Gasteiger partial charge in [-0.05, 0) is 61.7 Å². The van der Waals surface area contributed by atoms with E-state index in [0.717, 1.165) is 23.5 Å². The van der Waals surface area contributed by atoms with Gasteiger partial charge in [-0.1, -0.05) is 48.2 Å². The highest BCUT2D eigenvalue weighted by molar-refractivity contribution is 8.26. The van der Waals surface area contributed by atoms with Crippen LogP contribution in [0.4, 0.5) is 0 Å². The summed E-state index contributed by atoms with van der Waals surface area (Å²) in [5.41, 5.74) is 3.36. The maximum Gasteiger partial charge on any atom is 0.266 e. The Hall–Kier alpha value is -2.31. The van der Waals surface area contributed by atoms with E-state index in [-0.39, 0.29) is 5.91 Å². The predicted octanol–water partition coefficient (Wildman–Crippen LogP) is 5.37. The van der Waals surface area contributed by atoms with Crippen molar-refractivity contribution >= 4 is 40.3 Å². The van der Waals surface area contributed by atoms with E-state index in [0.29, 0.717) is 29.0 Å². The largest absolute Gasteiger partial charge is 0.493 e. The van der Waals surface area contributed by atoms with E-state index >= 15 is 0 Å². The highest BCUT2D eigenvalue weighted by Crippen LogP contribution is 2.32. The average Bonchev–Trinajstić information content (AvgIpc) is 2.98. The van der Waals surface area contributed by atoms with Crippen molar-refractivity contribution < 1.29 is 14.3 Å². The number of hydrogen-bond donors (Lipinski definition) is 0. The number of carbonyl (C=O) groups excluding carboxylic acids is 1. The second kappa shape index (κ2) is 9.94. The van der Waals surface area contributed by atoms with Gasteiger partial charge in [0.1, 0.15) is 15.8 Å². The van der Waals surface area contributed by atoms with E-state index in [9.17, 15) is 4.79 Å². The zero-order valence-corrected chi connectivity index (χ0v) is 18.6. The minimum atomic E-state index is -0.0216. The Bertz CT molecular complexity index is 922. The highest BCUT2D eigenvalue weighted by atomic mass is 32.2. The molecule has 2 aromatic carbocycles. The van der Waals surface area contributed by atoms with Crippen molar-refractivity contribution in [3.8, 4) is 11.5 Å². The third kappa shape index (κ3) is 5.40. The van der Waals surface area contributed by atoms with Gasteiger partial charge in [0.25, 0.3) is 5.91 Å². The lowest BCUT2D eigenvalue weighted by molar-refractivity contribution is -0.121. The fourth-order valence-corrected chi connectivity index (χ4v) is 4.28. The summed E-state index contributed by atoms with van der Waals surface area (Å²) in [6, 6.07) is 13.8. The SMILES string of the molecule is CCN1C(=O)/C(=C\c2ccc(OCCCOc3cccc(C)c3C)cc2)SC1=S. The van der Waals surface area contributed by atoms with E-state index in [1.807, 2.05) is 49.4 Å². The highest BCUT2D eigenvalue weighted by Gasteiger charge is 2.30. The molecule has 4 nitrogen and oxygen atoms in total. The van der Waals surface area contributed by atoms with Gasteiger partial charge in [0.15, 0.2) is 0 Å². The van der Waals surface area contributed by atoms with Crippen LogP contribution in [0.3, 0.4) is 0 Å². The van der Waals surface area contributed by atoms with Crippen molar-refractivity contribution in [2.24, 2.45) is 0 Å². The summed E-state index contributed by atoms with van der Waals surface area (Å²) in [5, 5.41) is 0. The molecular formula is C23H25NO3S2. The lowest BCUT2D eigenvalue weighted by atomic mass is 10.1. The molecule has 3 rings (SSSR count). The molecule has 0 saturated carbocycles. The lowest BCUT2D eigenvalue weighted by Gasteiger charge is -2.11. The molecule has 1 fully saturated rings. The Kier molecular flexibility index (Phi) is 7.34. The molecule has 0 atom stereocenters. The van der Waals surface area contributed by atoms with Crippen LogP contribution in [0, 0.1) is 13.8 Å². The number of nitrogens with zero attached hydrogens (tertiary/aromatic N) is 1. The van der Waals surface area contributed by atoms with Gasteiger partial charge in [-0.15, -0.1) is 0 Å². The van der Waals surface area contributed by atoms with Crippen LogP contribution in [0.2, 0.25) is 0 Å². The number of ether oxygens (including phenoxy) is 2. The van der Waals surface area contributed by atoms with Crippen molar-refractivity contribution in [2.75, 3.05) is 19.8 Å². The number of thioether (sulfide) groups is 1. The summed E-state index contributed by atoms with van der Waals surface area (Å²) >= 11 is 6.59. The van der Waals surface area contributed by atoms with E-state index in [1.165, 1.54) is 22.9 Å². The molecule has 0 aromatic heterocycles. The zero-order chi connectivity index (χ0) is 20.8. The van der Waals surface area contributed by atoms with E-state index in [2.05, 4.69) is 19.9 Å². The monoisotopic (exact) mass is 427 g/mol. The van der Waals surface area contributed by atoms with Crippen LogP contribution >= 0.6 is 24.0 Å². The van der Waals surface area contributed by atoms with Crippen LogP contribution in [-0.4, -0.2) is 34.9 Å². The fourth-order valence-electron chi connectivity index (χ4n) is 2.90. The van der Waals surface area contributed by atoms with E-state index in [4.69, 9.17) is 21.7 Å². The molecule has 0 unspecified atom stereocenters. The first kappa shape index (κ1) is 21.4. The Morgan fingerprint density at radius 1 is 1.07 bits per heavy atom. The van der Waals surface area contributed by atoms with Crippen molar-refractivity contribution in [3.63, 3.8) is 0 Å². The van der Waals surface area contributed by atoms with Crippen molar-refractivity contribution in [1.29, 1.82) is 0 Å². The number of rotatable bonds is 8. The Labute approximate surface area is 181 Å². The van der Waals surface area contributed by atoms with E-state index < -0.39 is 0 Å². The first-order valence-corrected chi connectivity index (χ1v) is 10.9. The Morgan fingerprint density at radius 2 is 1.79 bits per heavy atom. The summed E-state index contributed by atoms with van der Waals surface area (Å²) in [4.78, 5) is 14.6. The molecule has 0 bridgehead atoms. The maximum absolute atomic E-state index is 12.3. The molecule has 2 aromatic rings. The average molecular weight is 428 g/mol. The number of likely N-dealkylation sites (N-methyl/N-ethyl adjacent to an activating group) is 1. The molecule has 152 valence electrons. The molecular weight excluding hydrogens is 402 g/mol. The van der Waals surface area contributed by atoms with Crippen molar-refractivity contribution in [2.45, 2.75) is 27.2 Å².